The third-order valence-corrected chi connectivity index (χ3v) is 5.00. The Labute approximate surface area is 175 Å². The standard InChI is InChI=1S/C22H23Cl2N3O/c1-22(2,3)20-12-19(21(28)25-13-15-7-5-4-6-8-15)27(26-20)14-16-9-10-17(23)11-18(16)24/h4-12H,13-14H2,1-3H3,(H,25,28). The van der Waals surface area contributed by atoms with Gasteiger partial charge in [-0.1, -0.05) is 80.4 Å². The van der Waals surface area contributed by atoms with Crippen LogP contribution in [-0.4, -0.2) is 15.7 Å². The summed E-state index contributed by atoms with van der Waals surface area (Å²) in [6.45, 7) is 7.05. The van der Waals surface area contributed by atoms with Crippen molar-refractivity contribution in [1.29, 1.82) is 0 Å². The summed E-state index contributed by atoms with van der Waals surface area (Å²) in [7, 11) is 0. The second-order valence-electron chi connectivity index (χ2n) is 7.73. The van der Waals surface area contributed by atoms with Crippen LogP contribution in [0.3, 0.4) is 0 Å². The van der Waals surface area contributed by atoms with Gasteiger partial charge in [-0.15, -0.1) is 0 Å². The van der Waals surface area contributed by atoms with Gasteiger partial charge in [0.25, 0.3) is 5.91 Å². The van der Waals surface area contributed by atoms with Gasteiger partial charge in [0.1, 0.15) is 5.69 Å². The molecule has 0 spiro atoms. The van der Waals surface area contributed by atoms with Crippen molar-refractivity contribution in [1.82, 2.24) is 15.1 Å². The zero-order valence-corrected chi connectivity index (χ0v) is 17.7. The zero-order valence-electron chi connectivity index (χ0n) is 16.2. The first-order valence-electron chi connectivity index (χ1n) is 9.08. The van der Waals surface area contributed by atoms with Crippen LogP contribution < -0.4 is 5.32 Å². The van der Waals surface area contributed by atoms with Crippen LogP contribution >= 0.6 is 23.2 Å². The highest BCUT2D eigenvalue weighted by atomic mass is 35.5. The van der Waals surface area contributed by atoms with E-state index in [1.54, 1.807) is 16.8 Å². The molecule has 146 valence electrons. The number of hydrogen-bond donors (Lipinski definition) is 1. The molecule has 3 aromatic rings. The minimum atomic E-state index is -0.177. The molecule has 2 aromatic carbocycles. The third-order valence-electron chi connectivity index (χ3n) is 4.41. The Hall–Kier alpha value is -2.30. The summed E-state index contributed by atoms with van der Waals surface area (Å²) in [6.07, 6.45) is 0. The van der Waals surface area contributed by atoms with Crippen molar-refractivity contribution < 1.29 is 4.79 Å². The van der Waals surface area contributed by atoms with E-state index in [-0.39, 0.29) is 11.3 Å². The van der Waals surface area contributed by atoms with Gasteiger partial charge in [0.15, 0.2) is 0 Å². The number of aromatic nitrogens is 2. The molecule has 0 fully saturated rings. The van der Waals surface area contributed by atoms with E-state index in [4.69, 9.17) is 23.2 Å². The summed E-state index contributed by atoms with van der Waals surface area (Å²) < 4.78 is 1.70. The van der Waals surface area contributed by atoms with Crippen molar-refractivity contribution in [2.45, 2.75) is 39.3 Å². The Morgan fingerprint density at radius 1 is 1.07 bits per heavy atom. The van der Waals surface area contributed by atoms with Gasteiger partial charge in [-0.2, -0.15) is 5.10 Å². The van der Waals surface area contributed by atoms with Crippen LogP contribution in [0.25, 0.3) is 0 Å². The molecule has 1 N–H and O–H groups in total. The van der Waals surface area contributed by atoms with Crippen molar-refractivity contribution >= 4 is 29.1 Å². The molecule has 0 aliphatic heterocycles. The van der Waals surface area contributed by atoms with E-state index < -0.39 is 0 Å². The number of halogens is 2. The van der Waals surface area contributed by atoms with Crippen molar-refractivity contribution in [2.75, 3.05) is 0 Å². The molecule has 0 bridgehead atoms. The number of nitrogens with zero attached hydrogens (tertiary/aromatic N) is 2. The minimum Gasteiger partial charge on any atom is -0.347 e. The van der Waals surface area contributed by atoms with Crippen LogP contribution in [0.1, 0.15) is 48.1 Å². The fourth-order valence-electron chi connectivity index (χ4n) is 2.77. The van der Waals surface area contributed by atoms with Gasteiger partial charge >= 0.3 is 0 Å². The van der Waals surface area contributed by atoms with Crippen molar-refractivity contribution in [2.24, 2.45) is 0 Å². The first kappa shape index (κ1) is 20.4. The lowest BCUT2D eigenvalue weighted by molar-refractivity contribution is 0.0940. The zero-order chi connectivity index (χ0) is 20.3. The molecular weight excluding hydrogens is 393 g/mol. The van der Waals surface area contributed by atoms with Gasteiger partial charge in [-0.25, -0.2) is 0 Å². The second kappa shape index (κ2) is 8.38. The fourth-order valence-corrected chi connectivity index (χ4v) is 3.23. The number of carbonyl (C=O) groups excluding carboxylic acids is 1. The van der Waals surface area contributed by atoms with Crippen LogP contribution in [-0.2, 0) is 18.5 Å². The first-order valence-corrected chi connectivity index (χ1v) is 9.84. The van der Waals surface area contributed by atoms with E-state index in [2.05, 4.69) is 31.2 Å². The highest BCUT2D eigenvalue weighted by Gasteiger charge is 2.23. The molecule has 0 saturated heterocycles. The molecule has 0 radical (unpaired) electrons. The molecule has 3 rings (SSSR count). The maximum atomic E-state index is 12.9. The molecule has 0 aliphatic carbocycles. The molecule has 1 aromatic heterocycles. The Balaban J connectivity index is 1.88. The molecule has 0 saturated carbocycles. The van der Waals surface area contributed by atoms with Gasteiger partial charge in [0, 0.05) is 22.0 Å². The van der Waals surface area contributed by atoms with Crippen LogP contribution in [0.15, 0.2) is 54.6 Å². The Morgan fingerprint density at radius 2 is 1.79 bits per heavy atom. The van der Waals surface area contributed by atoms with Crippen LogP contribution in [0, 0.1) is 0 Å². The summed E-state index contributed by atoms with van der Waals surface area (Å²) >= 11 is 12.3. The smallest absolute Gasteiger partial charge is 0.269 e. The summed E-state index contributed by atoms with van der Waals surface area (Å²) in [6, 6.07) is 17.0. The fraction of sp³-hybridized carbons (Fsp3) is 0.273. The van der Waals surface area contributed by atoms with Gasteiger partial charge < -0.3 is 5.32 Å². The number of carbonyl (C=O) groups is 1. The maximum absolute atomic E-state index is 12.9. The van der Waals surface area contributed by atoms with E-state index in [9.17, 15) is 4.79 Å². The van der Waals surface area contributed by atoms with Gasteiger partial charge in [0.05, 0.1) is 12.2 Å². The van der Waals surface area contributed by atoms with E-state index >= 15 is 0 Å². The second-order valence-corrected chi connectivity index (χ2v) is 8.57. The lowest BCUT2D eigenvalue weighted by Crippen LogP contribution is -2.26. The average molecular weight is 416 g/mol. The lowest BCUT2D eigenvalue weighted by Gasteiger charge is -2.14. The van der Waals surface area contributed by atoms with E-state index in [0.717, 1.165) is 16.8 Å². The Bertz CT molecular complexity index is 975. The monoisotopic (exact) mass is 415 g/mol. The van der Waals surface area contributed by atoms with Crippen molar-refractivity contribution in [3.63, 3.8) is 0 Å². The Morgan fingerprint density at radius 3 is 2.43 bits per heavy atom. The summed E-state index contributed by atoms with van der Waals surface area (Å²) in [5.74, 6) is -0.170. The number of benzene rings is 2. The molecule has 1 heterocycles. The number of hydrogen-bond acceptors (Lipinski definition) is 2. The summed E-state index contributed by atoms with van der Waals surface area (Å²) in [5, 5.41) is 8.78. The predicted octanol–water partition coefficient (Wildman–Crippen LogP) is 5.47. The predicted molar refractivity (Wildman–Crippen MR) is 114 cm³/mol. The molecule has 0 atom stereocenters. The van der Waals surface area contributed by atoms with Gasteiger partial charge in [-0.3, -0.25) is 9.48 Å². The van der Waals surface area contributed by atoms with Gasteiger partial charge in [0.2, 0.25) is 0 Å². The lowest BCUT2D eigenvalue weighted by atomic mass is 9.92. The minimum absolute atomic E-state index is 0.170. The number of nitrogens with one attached hydrogen (secondary N) is 1. The quantitative estimate of drug-likeness (QED) is 0.600. The van der Waals surface area contributed by atoms with Crippen molar-refractivity contribution in [3.05, 3.63) is 87.2 Å². The average Bonchev–Trinajstić information content (AvgIpc) is 3.07. The number of rotatable bonds is 5. The first-order chi connectivity index (χ1) is 13.2. The highest BCUT2D eigenvalue weighted by molar-refractivity contribution is 6.35. The van der Waals surface area contributed by atoms with E-state index in [1.807, 2.05) is 42.5 Å². The molecule has 4 nitrogen and oxygen atoms in total. The summed E-state index contributed by atoms with van der Waals surface area (Å²) in [5.41, 5.74) is 3.07. The molecule has 1 amide bonds. The number of amides is 1. The molecular formula is C22H23Cl2N3O. The van der Waals surface area contributed by atoms with E-state index in [0.29, 0.717) is 28.8 Å². The van der Waals surface area contributed by atoms with Crippen LogP contribution in [0.5, 0.6) is 0 Å². The topological polar surface area (TPSA) is 46.9 Å². The van der Waals surface area contributed by atoms with Crippen LogP contribution in [0.4, 0.5) is 0 Å². The third kappa shape index (κ3) is 4.94. The Kier molecular flexibility index (Phi) is 6.11. The highest BCUT2D eigenvalue weighted by Crippen LogP contribution is 2.25. The summed E-state index contributed by atoms with van der Waals surface area (Å²) in [4.78, 5) is 12.9. The molecule has 6 heteroatoms. The van der Waals surface area contributed by atoms with E-state index in [1.165, 1.54) is 0 Å². The van der Waals surface area contributed by atoms with Crippen molar-refractivity contribution in [3.8, 4) is 0 Å². The molecule has 0 unspecified atom stereocenters. The molecule has 0 aliphatic rings. The largest absolute Gasteiger partial charge is 0.347 e. The van der Waals surface area contributed by atoms with Crippen LogP contribution in [0.2, 0.25) is 10.0 Å². The molecule has 28 heavy (non-hydrogen) atoms. The SMILES string of the molecule is CC(C)(C)c1cc(C(=O)NCc2ccccc2)n(Cc2ccc(Cl)cc2Cl)n1. The van der Waals surface area contributed by atoms with Gasteiger partial charge in [-0.05, 0) is 29.3 Å². The normalized spacial score (nSPS) is 11.5. The maximum Gasteiger partial charge on any atom is 0.269 e.